The van der Waals surface area contributed by atoms with E-state index in [4.69, 9.17) is 0 Å². The molecule has 56 heavy (non-hydrogen) atoms. The molecule has 268 valence electrons. The Labute approximate surface area is 332 Å². The number of rotatable bonds is 7. The first-order chi connectivity index (χ1) is 27.8. The van der Waals surface area contributed by atoms with Crippen LogP contribution in [0.1, 0.15) is 35.1 Å². The number of hydrogen-bond acceptors (Lipinski definition) is 3. The van der Waals surface area contributed by atoms with E-state index in [0.29, 0.717) is 0 Å². The smallest absolute Gasteiger partial charge is 0.0540 e. The van der Waals surface area contributed by atoms with Crippen LogP contribution in [0.4, 0.5) is 34.1 Å². The number of nitrogens with zero attached hydrogens (tertiary/aromatic N) is 2. The van der Waals surface area contributed by atoms with Crippen molar-refractivity contribution in [1.29, 1.82) is 0 Å². The van der Waals surface area contributed by atoms with E-state index in [-0.39, 0.29) is 5.41 Å². The largest absolute Gasteiger partial charge is 0.310 e. The Balaban J connectivity index is 1.17. The number of fused-ring (bicyclic) bond motifs is 7. The van der Waals surface area contributed by atoms with Gasteiger partial charge in [-0.3, -0.25) is 0 Å². The number of benzene rings is 8. The van der Waals surface area contributed by atoms with Crippen LogP contribution >= 0.6 is 11.3 Å². The molecule has 11 rings (SSSR count). The van der Waals surface area contributed by atoms with Crippen LogP contribution in [0.3, 0.4) is 0 Å². The van der Waals surface area contributed by atoms with E-state index in [0.717, 1.165) is 25.7 Å². The fourth-order valence-electron chi connectivity index (χ4n) is 9.89. The summed E-state index contributed by atoms with van der Waals surface area (Å²) in [6.45, 7) is 0. The molecule has 0 aliphatic heterocycles. The Bertz CT molecular complexity index is 2840. The lowest BCUT2D eigenvalue weighted by molar-refractivity contribution is 0.508. The lowest BCUT2D eigenvalue weighted by atomic mass is 9.74. The van der Waals surface area contributed by atoms with Crippen molar-refractivity contribution in [3.8, 4) is 11.1 Å². The fourth-order valence-corrected chi connectivity index (χ4v) is 11.0. The normalized spacial score (nSPS) is 15.6. The van der Waals surface area contributed by atoms with Crippen LogP contribution in [0, 0.1) is 0 Å². The van der Waals surface area contributed by atoms with Crippen LogP contribution in [-0.2, 0) is 18.3 Å². The number of aryl methyl sites for hydroxylation is 2. The minimum absolute atomic E-state index is 0.154. The average Bonchev–Trinajstić information content (AvgIpc) is 3.96. The van der Waals surface area contributed by atoms with Gasteiger partial charge in [-0.05, 0) is 120 Å². The summed E-state index contributed by atoms with van der Waals surface area (Å²) in [7, 11) is 0. The number of hydrogen-bond donors (Lipinski definition) is 0. The number of para-hydroxylation sites is 3. The van der Waals surface area contributed by atoms with Crippen molar-refractivity contribution in [3.63, 3.8) is 0 Å². The first kappa shape index (κ1) is 33.0. The van der Waals surface area contributed by atoms with Crippen LogP contribution < -0.4 is 9.80 Å². The van der Waals surface area contributed by atoms with Crippen molar-refractivity contribution < 1.29 is 0 Å². The molecule has 9 aromatic rings. The summed E-state index contributed by atoms with van der Waals surface area (Å²) in [6.07, 6.45) is 4.28. The number of thiophene rings is 1. The van der Waals surface area contributed by atoms with Gasteiger partial charge in [0.2, 0.25) is 0 Å². The molecule has 2 aliphatic rings. The first-order valence-electron chi connectivity index (χ1n) is 19.8. The molecule has 1 heterocycles. The third-order valence-electron chi connectivity index (χ3n) is 12.2. The van der Waals surface area contributed by atoms with Crippen molar-refractivity contribution in [3.05, 3.63) is 216 Å². The van der Waals surface area contributed by atoms with Gasteiger partial charge in [-0.25, -0.2) is 0 Å². The van der Waals surface area contributed by atoms with Crippen molar-refractivity contribution in [1.82, 2.24) is 0 Å². The van der Waals surface area contributed by atoms with Crippen LogP contribution in [0.2, 0.25) is 0 Å². The molecule has 1 atom stereocenters. The molecule has 0 radical (unpaired) electrons. The van der Waals surface area contributed by atoms with E-state index >= 15 is 0 Å². The molecule has 1 spiro atoms. The molecule has 0 saturated carbocycles. The second-order valence-electron chi connectivity index (χ2n) is 15.2. The number of anilines is 6. The fraction of sp³-hybridized carbons (Fsp3) is 0.0943. The Kier molecular flexibility index (Phi) is 7.89. The van der Waals surface area contributed by atoms with Crippen LogP contribution in [0.25, 0.3) is 31.3 Å². The van der Waals surface area contributed by atoms with Crippen molar-refractivity contribution in [2.24, 2.45) is 0 Å². The van der Waals surface area contributed by atoms with Gasteiger partial charge in [0.15, 0.2) is 0 Å². The maximum absolute atomic E-state index is 2.59. The van der Waals surface area contributed by atoms with Gasteiger partial charge in [0.05, 0.1) is 17.1 Å². The average molecular weight is 737 g/mol. The minimum atomic E-state index is -0.154. The van der Waals surface area contributed by atoms with Gasteiger partial charge in [-0.1, -0.05) is 127 Å². The molecule has 2 nitrogen and oxygen atoms in total. The van der Waals surface area contributed by atoms with Crippen molar-refractivity contribution >= 4 is 65.6 Å². The maximum Gasteiger partial charge on any atom is 0.0540 e. The van der Waals surface area contributed by atoms with E-state index in [1.54, 1.807) is 0 Å². The zero-order chi connectivity index (χ0) is 37.1. The Hall–Kier alpha value is -6.42. The molecule has 0 saturated heterocycles. The molecular formula is C53H40N2S. The van der Waals surface area contributed by atoms with Gasteiger partial charge in [0.25, 0.3) is 0 Å². The molecule has 0 unspecified atom stereocenters. The molecule has 2 aliphatic carbocycles. The third kappa shape index (κ3) is 5.22. The maximum atomic E-state index is 2.59. The highest BCUT2D eigenvalue weighted by Crippen LogP contribution is 2.60. The zero-order valence-corrected chi connectivity index (χ0v) is 31.9. The Morgan fingerprint density at radius 1 is 0.393 bits per heavy atom. The molecule has 8 aromatic carbocycles. The predicted molar refractivity (Wildman–Crippen MR) is 238 cm³/mol. The van der Waals surface area contributed by atoms with E-state index in [1.165, 1.54) is 87.7 Å². The summed E-state index contributed by atoms with van der Waals surface area (Å²) in [5.74, 6) is 0. The van der Waals surface area contributed by atoms with Crippen LogP contribution in [0.15, 0.2) is 194 Å². The molecule has 0 bridgehead atoms. The van der Waals surface area contributed by atoms with Gasteiger partial charge in [0.1, 0.15) is 0 Å². The van der Waals surface area contributed by atoms with Crippen LogP contribution in [-0.4, -0.2) is 0 Å². The van der Waals surface area contributed by atoms with Gasteiger partial charge < -0.3 is 9.80 Å². The van der Waals surface area contributed by atoms with E-state index in [2.05, 4.69) is 204 Å². The Morgan fingerprint density at radius 3 is 1.61 bits per heavy atom. The van der Waals surface area contributed by atoms with Gasteiger partial charge in [-0.2, -0.15) is 0 Å². The lowest BCUT2D eigenvalue weighted by Gasteiger charge is -2.37. The van der Waals surface area contributed by atoms with E-state index < -0.39 is 0 Å². The summed E-state index contributed by atoms with van der Waals surface area (Å²) in [4.78, 5) is 5.08. The minimum Gasteiger partial charge on any atom is -0.310 e. The summed E-state index contributed by atoms with van der Waals surface area (Å²) in [5, 5.41) is 2.62. The van der Waals surface area contributed by atoms with Crippen molar-refractivity contribution in [2.75, 3.05) is 9.80 Å². The first-order valence-corrected chi connectivity index (χ1v) is 20.6. The van der Waals surface area contributed by atoms with Crippen molar-refractivity contribution in [2.45, 2.75) is 31.1 Å². The second-order valence-corrected chi connectivity index (χ2v) is 16.3. The SMILES string of the molecule is c1ccc(-c2ccccc2N(c2ccc3sc4ccccc4c3c2)c2cccc3c2[C@]2(CCc4cccc(N(c5ccccc5)c5ccccc5)c42)CC3)cc1. The van der Waals surface area contributed by atoms with E-state index in [9.17, 15) is 0 Å². The highest BCUT2D eigenvalue weighted by atomic mass is 32.1. The lowest BCUT2D eigenvalue weighted by Crippen LogP contribution is -2.27. The van der Waals surface area contributed by atoms with Crippen LogP contribution in [0.5, 0.6) is 0 Å². The molecular weight excluding hydrogens is 697 g/mol. The summed E-state index contributed by atoms with van der Waals surface area (Å²) in [6, 6.07) is 71.8. The van der Waals surface area contributed by atoms with Gasteiger partial charge in [0, 0.05) is 48.2 Å². The highest BCUT2D eigenvalue weighted by molar-refractivity contribution is 7.25. The molecule has 0 amide bonds. The Morgan fingerprint density at radius 2 is 0.929 bits per heavy atom. The second kappa shape index (κ2) is 13.4. The molecule has 3 heteroatoms. The summed E-state index contributed by atoms with van der Waals surface area (Å²) in [5.41, 5.74) is 15.4. The molecule has 0 fully saturated rings. The van der Waals surface area contributed by atoms with E-state index in [1.807, 2.05) is 11.3 Å². The predicted octanol–water partition coefficient (Wildman–Crippen LogP) is 14.8. The van der Waals surface area contributed by atoms with Gasteiger partial charge in [-0.15, -0.1) is 11.3 Å². The summed E-state index contributed by atoms with van der Waals surface area (Å²) < 4.78 is 2.64. The topological polar surface area (TPSA) is 6.48 Å². The molecule has 0 N–H and O–H groups in total. The summed E-state index contributed by atoms with van der Waals surface area (Å²) >= 11 is 1.88. The van der Waals surface area contributed by atoms with Gasteiger partial charge >= 0.3 is 0 Å². The highest BCUT2D eigenvalue weighted by Gasteiger charge is 2.49. The standard InChI is InChI=1S/C53H40N2S/c1-4-16-37(17-5-1)43-24-10-12-26-46(43)55(42-30-31-50-45(36-42)44-25-11-13-29-49(44)56-50)48-28-15-19-39-33-35-53(52(39)48)34-32-38-18-14-27-47(51(38)53)54(40-20-6-2-7-21-40)41-22-8-3-9-23-41/h1-31,36H,32-35H2/t53-/m1/s1. The monoisotopic (exact) mass is 736 g/mol. The third-order valence-corrected chi connectivity index (χ3v) is 13.4. The zero-order valence-electron chi connectivity index (χ0n) is 31.1. The molecule has 1 aromatic heterocycles. The quantitative estimate of drug-likeness (QED) is 0.161.